The maximum absolute atomic E-state index is 8.58. The summed E-state index contributed by atoms with van der Waals surface area (Å²) in [6.07, 6.45) is 4.33. The highest BCUT2D eigenvalue weighted by Crippen LogP contribution is 2.25. The predicted molar refractivity (Wildman–Crippen MR) is 74.0 cm³/mol. The van der Waals surface area contributed by atoms with Gasteiger partial charge in [-0.3, -0.25) is 4.57 Å². The molecule has 1 aromatic carbocycles. The topological polar surface area (TPSA) is 41.6 Å². The monoisotopic (exact) mass is 257 g/mol. The second-order valence-corrected chi connectivity index (χ2v) is 5.14. The normalized spacial score (nSPS) is 10.3. The summed E-state index contributed by atoms with van der Waals surface area (Å²) in [6, 6.07) is 8.42. The maximum atomic E-state index is 8.58. The van der Waals surface area contributed by atoms with E-state index in [4.69, 9.17) is 5.26 Å². The molecule has 0 N–H and O–H groups in total. The third kappa shape index (κ3) is 2.57. The van der Waals surface area contributed by atoms with Crippen LogP contribution in [0, 0.1) is 25.2 Å². The van der Waals surface area contributed by atoms with Crippen molar-refractivity contribution in [1.82, 2.24) is 9.55 Å². The minimum Gasteiger partial charge on any atom is -0.294 e. The van der Waals surface area contributed by atoms with Gasteiger partial charge in [-0.2, -0.15) is 5.26 Å². The first-order valence-corrected chi connectivity index (χ1v) is 6.82. The van der Waals surface area contributed by atoms with Crippen LogP contribution in [-0.2, 0) is 0 Å². The van der Waals surface area contributed by atoms with Crippen molar-refractivity contribution in [2.24, 2.45) is 0 Å². The number of aryl methyl sites for hydroxylation is 2. The zero-order valence-electron chi connectivity index (χ0n) is 10.6. The second kappa shape index (κ2) is 5.74. The Morgan fingerprint density at radius 3 is 2.72 bits per heavy atom. The summed E-state index contributed by atoms with van der Waals surface area (Å²) in [5, 5.41) is 9.53. The van der Waals surface area contributed by atoms with E-state index in [1.165, 1.54) is 16.8 Å². The van der Waals surface area contributed by atoms with E-state index in [1.807, 2.05) is 6.20 Å². The maximum Gasteiger partial charge on any atom is 0.172 e. The number of hydrogen-bond acceptors (Lipinski definition) is 3. The van der Waals surface area contributed by atoms with Crippen LogP contribution >= 0.6 is 11.8 Å². The molecule has 1 aromatic heterocycles. The van der Waals surface area contributed by atoms with Gasteiger partial charge in [-0.15, -0.1) is 0 Å². The van der Waals surface area contributed by atoms with Crippen molar-refractivity contribution in [1.29, 1.82) is 5.26 Å². The predicted octanol–water partition coefficient (Wildman–Crippen LogP) is 3.49. The number of thioether (sulfide) groups is 1. The summed E-state index contributed by atoms with van der Waals surface area (Å²) in [7, 11) is 0. The summed E-state index contributed by atoms with van der Waals surface area (Å²) in [5.74, 6) is 0.776. The molecule has 92 valence electrons. The van der Waals surface area contributed by atoms with Crippen LogP contribution in [0.2, 0.25) is 0 Å². The van der Waals surface area contributed by atoms with E-state index in [0.717, 1.165) is 10.9 Å². The summed E-state index contributed by atoms with van der Waals surface area (Å²) in [4.78, 5) is 4.36. The summed E-state index contributed by atoms with van der Waals surface area (Å²) < 4.78 is 2.10. The lowest BCUT2D eigenvalue weighted by molar-refractivity contribution is 0.880. The van der Waals surface area contributed by atoms with Gasteiger partial charge in [0, 0.05) is 24.6 Å². The smallest absolute Gasteiger partial charge is 0.172 e. The molecule has 4 heteroatoms. The second-order valence-electron chi connectivity index (χ2n) is 4.08. The SMILES string of the molecule is Cc1cccc(C)c1-n1ccnc1SCCC#N. The van der Waals surface area contributed by atoms with Gasteiger partial charge in [-0.1, -0.05) is 30.0 Å². The van der Waals surface area contributed by atoms with Crippen LogP contribution in [0.15, 0.2) is 35.7 Å². The minimum atomic E-state index is 0.546. The van der Waals surface area contributed by atoms with E-state index in [9.17, 15) is 0 Å². The molecule has 0 aliphatic rings. The molecule has 0 saturated carbocycles. The number of benzene rings is 1. The van der Waals surface area contributed by atoms with Gasteiger partial charge in [-0.25, -0.2) is 4.98 Å². The zero-order valence-corrected chi connectivity index (χ0v) is 11.4. The molecule has 0 aliphatic carbocycles. The number of para-hydroxylation sites is 1. The van der Waals surface area contributed by atoms with Crippen molar-refractivity contribution in [2.75, 3.05) is 5.75 Å². The number of imidazole rings is 1. The number of aromatic nitrogens is 2. The average molecular weight is 257 g/mol. The van der Waals surface area contributed by atoms with Crippen LogP contribution in [0.3, 0.4) is 0 Å². The van der Waals surface area contributed by atoms with Gasteiger partial charge in [-0.05, 0) is 25.0 Å². The van der Waals surface area contributed by atoms with Gasteiger partial charge in [0.15, 0.2) is 5.16 Å². The lowest BCUT2D eigenvalue weighted by atomic mass is 10.1. The molecule has 18 heavy (non-hydrogen) atoms. The number of nitrogens with zero attached hydrogens (tertiary/aromatic N) is 3. The van der Waals surface area contributed by atoms with E-state index >= 15 is 0 Å². The molecular weight excluding hydrogens is 242 g/mol. The van der Waals surface area contributed by atoms with Crippen LogP contribution in [0.4, 0.5) is 0 Å². The van der Waals surface area contributed by atoms with Crippen LogP contribution in [0.5, 0.6) is 0 Å². The largest absolute Gasteiger partial charge is 0.294 e. The van der Waals surface area contributed by atoms with Crippen molar-refractivity contribution in [3.63, 3.8) is 0 Å². The van der Waals surface area contributed by atoms with Gasteiger partial charge >= 0.3 is 0 Å². The molecule has 0 spiro atoms. The molecule has 3 nitrogen and oxygen atoms in total. The molecule has 1 heterocycles. The Morgan fingerprint density at radius 1 is 1.33 bits per heavy atom. The highest BCUT2D eigenvalue weighted by molar-refractivity contribution is 7.99. The summed E-state index contributed by atoms with van der Waals surface area (Å²) in [6.45, 7) is 4.21. The molecule has 0 saturated heterocycles. The third-order valence-electron chi connectivity index (χ3n) is 2.73. The van der Waals surface area contributed by atoms with E-state index in [0.29, 0.717) is 6.42 Å². The molecule has 0 atom stereocenters. The first-order chi connectivity index (χ1) is 8.74. The fourth-order valence-electron chi connectivity index (χ4n) is 1.94. The minimum absolute atomic E-state index is 0.546. The van der Waals surface area contributed by atoms with Crippen molar-refractivity contribution in [2.45, 2.75) is 25.4 Å². The zero-order chi connectivity index (χ0) is 13.0. The van der Waals surface area contributed by atoms with Crippen molar-refractivity contribution in [3.05, 3.63) is 41.7 Å². The van der Waals surface area contributed by atoms with Crippen molar-refractivity contribution < 1.29 is 0 Å². The Kier molecular flexibility index (Phi) is 4.06. The number of hydrogen-bond donors (Lipinski definition) is 0. The number of rotatable bonds is 4. The van der Waals surface area contributed by atoms with Crippen LogP contribution in [0.1, 0.15) is 17.5 Å². The van der Waals surface area contributed by atoms with Crippen LogP contribution in [-0.4, -0.2) is 15.3 Å². The summed E-state index contributed by atoms with van der Waals surface area (Å²) in [5.41, 5.74) is 3.65. The summed E-state index contributed by atoms with van der Waals surface area (Å²) >= 11 is 1.62. The third-order valence-corrected chi connectivity index (χ3v) is 3.70. The Labute approximate surface area is 111 Å². The Balaban J connectivity index is 2.34. The fraction of sp³-hybridized carbons (Fsp3) is 0.286. The van der Waals surface area contributed by atoms with Gasteiger partial charge in [0.25, 0.3) is 0 Å². The van der Waals surface area contributed by atoms with Gasteiger partial charge in [0.2, 0.25) is 0 Å². The van der Waals surface area contributed by atoms with Crippen molar-refractivity contribution in [3.8, 4) is 11.8 Å². The Hall–Kier alpha value is -1.73. The quantitative estimate of drug-likeness (QED) is 0.622. The fourth-order valence-corrected chi connectivity index (χ4v) is 2.74. The number of nitriles is 1. The van der Waals surface area contributed by atoms with E-state index in [1.54, 1.807) is 18.0 Å². The molecule has 2 aromatic rings. The van der Waals surface area contributed by atoms with Crippen LogP contribution in [0.25, 0.3) is 5.69 Å². The van der Waals surface area contributed by atoms with Gasteiger partial charge in [0.05, 0.1) is 11.8 Å². The average Bonchev–Trinajstić information content (AvgIpc) is 2.78. The van der Waals surface area contributed by atoms with Gasteiger partial charge < -0.3 is 0 Å². The molecule has 2 rings (SSSR count). The lowest BCUT2D eigenvalue weighted by Crippen LogP contribution is -2.00. The Bertz CT molecular complexity index is 561. The van der Waals surface area contributed by atoms with Gasteiger partial charge in [0.1, 0.15) is 0 Å². The van der Waals surface area contributed by atoms with E-state index in [-0.39, 0.29) is 0 Å². The molecule has 0 unspecified atom stereocenters. The lowest BCUT2D eigenvalue weighted by Gasteiger charge is -2.13. The molecule has 0 bridgehead atoms. The first-order valence-electron chi connectivity index (χ1n) is 5.83. The highest BCUT2D eigenvalue weighted by Gasteiger charge is 2.09. The molecule has 0 radical (unpaired) electrons. The highest BCUT2D eigenvalue weighted by atomic mass is 32.2. The van der Waals surface area contributed by atoms with Crippen molar-refractivity contribution >= 4 is 11.8 Å². The first kappa shape index (κ1) is 12.7. The molecule has 0 fully saturated rings. The molecular formula is C14H15N3S. The van der Waals surface area contributed by atoms with E-state index in [2.05, 4.69) is 47.7 Å². The van der Waals surface area contributed by atoms with E-state index < -0.39 is 0 Å². The molecule has 0 amide bonds. The Morgan fingerprint density at radius 2 is 2.06 bits per heavy atom. The van der Waals surface area contributed by atoms with Crippen LogP contribution < -0.4 is 0 Å². The standard InChI is InChI=1S/C14H15N3S/c1-11-5-3-6-12(2)13(11)17-9-8-16-14(17)18-10-4-7-15/h3,5-6,8-9H,4,10H2,1-2H3. The molecule has 0 aliphatic heterocycles.